The highest BCUT2D eigenvalue weighted by Gasteiger charge is 2.43. The van der Waals surface area contributed by atoms with Gasteiger partial charge in [0.1, 0.15) is 11.9 Å². The second-order valence-electron chi connectivity index (χ2n) is 8.81. The maximum Gasteiger partial charge on any atom is 0.247 e. The van der Waals surface area contributed by atoms with Gasteiger partial charge in [-0.3, -0.25) is 9.88 Å². The van der Waals surface area contributed by atoms with Gasteiger partial charge in [-0.25, -0.2) is 0 Å². The molecule has 2 aromatic heterocycles. The summed E-state index contributed by atoms with van der Waals surface area (Å²) in [4.78, 5) is 6.83. The van der Waals surface area contributed by atoms with Crippen LogP contribution in [0.2, 0.25) is 0 Å². The molecule has 7 heteroatoms. The fraction of sp³-hybridized carbons (Fsp3) is 0.458. The summed E-state index contributed by atoms with van der Waals surface area (Å²) in [6.45, 7) is 6.44. The maximum absolute atomic E-state index is 10.7. The Morgan fingerprint density at radius 3 is 2.58 bits per heavy atom. The molecular formula is C24H28N4O3. The van der Waals surface area contributed by atoms with Crippen LogP contribution in [-0.2, 0) is 6.54 Å². The summed E-state index contributed by atoms with van der Waals surface area (Å²) in [5, 5.41) is 19.2. The average molecular weight is 421 g/mol. The molecule has 1 saturated heterocycles. The van der Waals surface area contributed by atoms with Crippen LogP contribution in [0.5, 0.6) is 5.75 Å². The van der Waals surface area contributed by atoms with Crippen LogP contribution >= 0.6 is 0 Å². The van der Waals surface area contributed by atoms with Crippen LogP contribution in [0.1, 0.15) is 30.1 Å². The molecule has 1 aromatic carbocycles. The minimum atomic E-state index is -0.463. The monoisotopic (exact) mass is 420 g/mol. The first-order valence-electron chi connectivity index (χ1n) is 10.9. The zero-order valence-corrected chi connectivity index (χ0v) is 17.9. The van der Waals surface area contributed by atoms with Crippen molar-refractivity contribution in [2.75, 3.05) is 13.1 Å². The van der Waals surface area contributed by atoms with E-state index >= 15 is 0 Å². The van der Waals surface area contributed by atoms with E-state index in [4.69, 9.17) is 9.15 Å². The van der Waals surface area contributed by atoms with Crippen molar-refractivity contribution in [3.63, 3.8) is 0 Å². The van der Waals surface area contributed by atoms with Gasteiger partial charge in [0.05, 0.1) is 18.3 Å². The lowest BCUT2D eigenvalue weighted by atomic mass is 9.78. The summed E-state index contributed by atoms with van der Waals surface area (Å²) in [7, 11) is 0. The third kappa shape index (κ3) is 4.34. The van der Waals surface area contributed by atoms with Crippen molar-refractivity contribution >= 4 is 0 Å². The highest BCUT2D eigenvalue weighted by molar-refractivity contribution is 5.51. The normalized spacial score (nSPS) is 26.0. The summed E-state index contributed by atoms with van der Waals surface area (Å²) in [6, 6.07) is 13.7. The van der Waals surface area contributed by atoms with Gasteiger partial charge in [0, 0.05) is 24.3 Å². The van der Waals surface area contributed by atoms with E-state index in [1.807, 2.05) is 56.3 Å². The molecule has 0 radical (unpaired) electrons. The molecule has 1 aliphatic heterocycles. The molecule has 5 rings (SSSR count). The Morgan fingerprint density at radius 2 is 1.81 bits per heavy atom. The number of aryl methyl sites for hydroxylation is 2. The van der Waals surface area contributed by atoms with Crippen molar-refractivity contribution in [3.8, 4) is 17.2 Å². The predicted molar refractivity (Wildman–Crippen MR) is 115 cm³/mol. The highest BCUT2D eigenvalue weighted by Crippen LogP contribution is 2.38. The molecule has 4 atom stereocenters. The van der Waals surface area contributed by atoms with Crippen LogP contribution in [0.4, 0.5) is 0 Å². The van der Waals surface area contributed by atoms with Crippen LogP contribution in [0.3, 0.4) is 0 Å². The quantitative estimate of drug-likeness (QED) is 0.677. The zero-order valence-electron chi connectivity index (χ0n) is 17.9. The molecule has 1 aliphatic carbocycles. The molecule has 3 heterocycles. The van der Waals surface area contributed by atoms with E-state index in [0.717, 1.165) is 48.6 Å². The van der Waals surface area contributed by atoms with E-state index < -0.39 is 6.10 Å². The van der Waals surface area contributed by atoms with Crippen LogP contribution < -0.4 is 4.74 Å². The summed E-state index contributed by atoms with van der Waals surface area (Å²) < 4.78 is 12.1. The van der Waals surface area contributed by atoms with Gasteiger partial charge >= 0.3 is 0 Å². The lowest BCUT2D eigenvalue weighted by molar-refractivity contribution is -0.0236. The van der Waals surface area contributed by atoms with Gasteiger partial charge < -0.3 is 14.3 Å². The molecule has 2 fully saturated rings. The second kappa shape index (κ2) is 8.40. The molecule has 0 unspecified atom stereocenters. The third-order valence-electron chi connectivity index (χ3n) is 6.46. The number of aromatic nitrogens is 3. The van der Waals surface area contributed by atoms with Gasteiger partial charge in [0.25, 0.3) is 0 Å². The van der Waals surface area contributed by atoms with Crippen LogP contribution in [-0.4, -0.2) is 50.5 Å². The Morgan fingerprint density at radius 1 is 1.03 bits per heavy atom. The number of nitrogens with zero attached hydrogens (tertiary/aromatic N) is 4. The summed E-state index contributed by atoms with van der Waals surface area (Å²) in [5.74, 6) is 2.90. The average Bonchev–Trinajstić information content (AvgIpc) is 3.37. The lowest BCUT2D eigenvalue weighted by Gasteiger charge is -2.35. The summed E-state index contributed by atoms with van der Waals surface area (Å²) >= 11 is 0. The first-order chi connectivity index (χ1) is 15.0. The fourth-order valence-electron chi connectivity index (χ4n) is 4.91. The molecule has 1 N–H and O–H groups in total. The summed E-state index contributed by atoms with van der Waals surface area (Å²) in [6.07, 6.45) is 0.936. The Kier molecular flexibility index (Phi) is 5.46. The van der Waals surface area contributed by atoms with Crippen molar-refractivity contribution in [2.24, 2.45) is 11.8 Å². The minimum Gasteiger partial charge on any atom is -0.486 e. The predicted octanol–water partition coefficient (Wildman–Crippen LogP) is 3.40. The van der Waals surface area contributed by atoms with E-state index in [1.165, 1.54) is 0 Å². The highest BCUT2D eigenvalue weighted by atomic mass is 16.5. The number of hydrogen-bond donors (Lipinski definition) is 1. The molecule has 0 spiro atoms. The number of rotatable bonds is 5. The van der Waals surface area contributed by atoms with Gasteiger partial charge in [-0.2, -0.15) is 0 Å². The number of hydrogen-bond acceptors (Lipinski definition) is 7. The van der Waals surface area contributed by atoms with Gasteiger partial charge in [0.2, 0.25) is 11.8 Å². The summed E-state index contributed by atoms with van der Waals surface area (Å²) in [5.41, 5.74) is 2.77. The van der Waals surface area contributed by atoms with Gasteiger partial charge in [-0.1, -0.05) is 18.2 Å². The molecular weight excluding hydrogens is 392 g/mol. The second-order valence-corrected chi connectivity index (χ2v) is 8.81. The smallest absolute Gasteiger partial charge is 0.247 e. The number of ether oxygens (including phenoxy) is 1. The van der Waals surface area contributed by atoms with E-state index in [2.05, 4.69) is 20.1 Å². The molecule has 162 valence electrons. The first kappa shape index (κ1) is 20.2. The Labute approximate surface area is 182 Å². The lowest BCUT2D eigenvalue weighted by Crippen LogP contribution is -2.42. The number of benzene rings is 1. The maximum atomic E-state index is 10.7. The van der Waals surface area contributed by atoms with Crippen molar-refractivity contribution in [1.29, 1.82) is 0 Å². The number of likely N-dealkylation sites (tertiary alicyclic amines) is 1. The van der Waals surface area contributed by atoms with Crippen molar-refractivity contribution in [3.05, 3.63) is 59.7 Å². The van der Waals surface area contributed by atoms with Crippen LogP contribution in [0, 0.1) is 25.7 Å². The van der Waals surface area contributed by atoms with Crippen molar-refractivity contribution < 1.29 is 14.3 Å². The molecule has 2 aliphatic rings. The molecule has 7 nitrogen and oxygen atoms in total. The fourth-order valence-corrected chi connectivity index (χ4v) is 4.91. The Hall–Kier alpha value is -2.77. The number of fused-ring (bicyclic) bond motifs is 1. The molecule has 3 aromatic rings. The van der Waals surface area contributed by atoms with Gasteiger partial charge in [-0.15, -0.1) is 10.2 Å². The molecule has 31 heavy (non-hydrogen) atoms. The van der Waals surface area contributed by atoms with Gasteiger partial charge in [0.15, 0.2) is 0 Å². The Balaban J connectivity index is 1.21. The number of aliphatic hydroxyl groups excluding tert-OH is 1. The van der Waals surface area contributed by atoms with Gasteiger partial charge in [-0.05, 0) is 62.8 Å². The first-order valence-corrected chi connectivity index (χ1v) is 10.9. The van der Waals surface area contributed by atoms with Crippen LogP contribution in [0.25, 0.3) is 11.5 Å². The minimum absolute atomic E-state index is 0.197. The van der Waals surface area contributed by atoms with E-state index in [9.17, 15) is 5.11 Å². The number of pyridine rings is 1. The number of aliphatic hydroxyl groups is 1. The van der Waals surface area contributed by atoms with E-state index in [-0.39, 0.29) is 6.10 Å². The SMILES string of the molecule is Cc1ccc(O[C@@H]2C[C@@H]3CN(Cc4nnc(-c5ccccc5)o4)C[C@@H]3C[C@H]2O)c(C)n1. The van der Waals surface area contributed by atoms with Crippen molar-refractivity contribution in [2.45, 2.75) is 45.4 Å². The van der Waals surface area contributed by atoms with Crippen molar-refractivity contribution in [1.82, 2.24) is 20.1 Å². The molecule has 1 saturated carbocycles. The van der Waals surface area contributed by atoms with E-state index in [1.54, 1.807) is 0 Å². The third-order valence-corrected chi connectivity index (χ3v) is 6.46. The standard InChI is InChI=1S/C24H28N4O3/c1-15-8-9-21(16(2)25-15)30-22-11-19-13-28(12-18(19)10-20(22)29)14-23-26-27-24(31-23)17-6-4-3-5-7-17/h3-9,18-20,22,29H,10-14H2,1-2H3/t18-,19+,20+,22+/m0/s1. The zero-order chi connectivity index (χ0) is 21.4. The molecule has 0 bridgehead atoms. The largest absolute Gasteiger partial charge is 0.486 e. The Bertz CT molecular complexity index is 1040. The van der Waals surface area contributed by atoms with E-state index in [0.29, 0.717) is 30.2 Å². The van der Waals surface area contributed by atoms with Crippen LogP contribution in [0.15, 0.2) is 46.9 Å². The molecule has 0 amide bonds. The topological polar surface area (TPSA) is 84.5 Å².